The summed E-state index contributed by atoms with van der Waals surface area (Å²) in [6.07, 6.45) is -0.531. The van der Waals surface area contributed by atoms with Gasteiger partial charge in [-0.05, 0) is 29.3 Å². The molecule has 0 saturated heterocycles. The molecule has 0 saturated carbocycles. The minimum Gasteiger partial charge on any atom is -0.391 e. The van der Waals surface area contributed by atoms with Crippen molar-refractivity contribution in [3.05, 3.63) is 21.9 Å². The summed E-state index contributed by atoms with van der Waals surface area (Å²) >= 11 is 1.42. The number of hydrogen-bond donors (Lipinski definition) is 2. The van der Waals surface area contributed by atoms with E-state index in [4.69, 9.17) is 0 Å². The van der Waals surface area contributed by atoms with Crippen molar-refractivity contribution in [1.82, 2.24) is 5.32 Å². The maximum atomic E-state index is 11.7. The fourth-order valence-corrected chi connectivity index (χ4v) is 2.02. The van der Waals surface area contributed by atoms with Gasteiger partial charge in [-0.1, -0.05) is 20.8 Å². The molecule has 0 aromatic carbocycles. The Morgan fingerprint density at radius 3 is 2.62 bits per heavy atom. The first-order valence-electron chi connectivity index (χ1n) is 5.32. The summed E-state index contributed by atoms with van der Waals surface area (Å²) in [5.74, 6) is -0.101. The molecule has 4 heteroatoms. The molecule has 16 heavy (non-hydrogen) atoms. The number of aryl methyl sites for hydroxylation is 1. The van der Waals surface area contributed by atoms with Crippen LogP contribution in [0.1, 0.15) is 36.0 Å². The van der Waals surface area contributed by atoms with Crippen molar-refractivity contribution < 1.29 is 9.90 Å². The SMILES string of the molecule is Cc1ccsc1C(=O)NCC(O)C(C)(C)C. The summed E-state index contributed by atoms with van der Waals surface area (Å²) in [5.41, 5.74) is 0.769. The quantitative estimate of drug-likeness (QED) is 0.852. The zero-order chi connectivity index (χ0) is 12.3. The summed E-state index contributed by atoms with van der Waals surface area (Å²) in [6.45, 7) is 8.03. The largest absolute Gasteiger partial charge is 0.391 e. The third-order valence-corrected chi connectivity index (χ3v) is 3.54. The molecule has 1 aromatic heterocycles. The maximum Gasteiger partial charge on any atom is 0.261 e. The van der Waals surface area contributed by atoms with Crippen LogP contribution in [0, 0.1) is 12.3 Å². The molecule has 0 bridgehead atoms. The lowest BCUT2D eigenvalue weighted by molar-refractivity contribution is 0.0588. The van der Waals surface area contributed by atoms with Crippen LogP contribution < -0.4 is 5.32 Å². The third-order valence-electron chi connectivity index (χ3n) is 2.52. The second-order valence-corrected chi connectivity index (χ2v) is 5.94. The summed E-state index contributed by atoms with van der Waals surface area (Å²) < 4.78 is 0. The Balaban J connectivity index is 2.52. The lowest BCUT2D eigenvalue weighted by Gasteiger charge is -2.25. The van der Waals surface area contributed by atoms with E-state index in [1.54, 1.807) is 0 Å². The van der Waals surface area contributed by atoms with Crippen molar-refractivity contribution >= 4 is 17.2 Å². The molecule has 3 nitrogen and oxygen atoms in total. The van der Waals surface area contributed by atoms with Gasteiger partial charge in [-0.15, -0.1) is 11.3 Å². The van der Waals surface area contributed by atoms with Gasteiger partial charge in [0.25, 0.3) is 5.91 Å². The molecule has 0 aliphatic carbocycles. The number of aliphatic hydroxyl groups is 1. The Hall–Kier alpha value is -0.870. The minimum atomic E-state index is -0.531. The van der Waals surface area contributed by atoms with Gasteiger partial charge in [0.15, 0.2) is 0 Å². The van der Waals surface area contributed by atoms with E-state index in [1.165, 1.54) is 11.3 Å². The van der Waals surface area contributed by atoms with Crippen LogP contribution in [0.2, 0.25) is 0 Å². The summed E-state index contributed by atoms with van der Waals surface area (Å²) in [6, 6.07) is 1.92. The average molecular weight is 241 g/mol. The Bertz CT molecular complexity index is 365. The molecule has 1 amide bonds. The Morgan fingerprint density at radius 2 is 2.19 bits per heavy atom. The highest BCUT2D eigenvalue weighted by atomic mass is 32.1. The molecule has 90 valence electrons. The number of carbonyl (C=O) groups is 1. The average Bonchev–Trinajstić information content (AvgIpc) is 2.58. The van der Waals surface area contributed by atoms with Crippen LogP contribution >= 0.6 is 11.3 Å². The van der Waals surface area contributed by atoms with E-state index >= 15 is 0 Å². The Kier molecular flexibility index (Phi) is 4.10. The molecular formula is C12H19NO2S. The molecule has 2 N–H and O–H groups in total. The normalized spacial score (nSPS) is 13.6. The molecule has 1 rings (SSSR count). The lowest BCUT2D eigenvalue weighted by Crippen LogP contribution is -2.39. The van der Waals surface area contributed by atoms with Gasteiger partial charge in [0.2, 0.25) is 0 Å². The molecule has 1 atom stereocenters. The Morgan fingerprint density at radius 1 is 1.56 bits per heavy atom. The van der Waals surface area contributed by atoms with Crippen LogP contribution in [0.3, 0.4) is 0 Å². The first-order chi connectivity index (χ1) is 7.32. The lowest BCUT2D eigenvalue weighted by atomic mass is 9.89. The predicted octanol–water partition coefficient (Wildman–Crippen LogP) is 2.19. The standard InChI is InChI=1S/C12H19NO2S/c1-8-5-6-16-10(8)11(15)13-7-9(14)12(2,3)4/h5-6,9,14H,7H2,1-4H3,(H,13,15). The summed E-state index contributed by atoms with van der Waals surface area (Å²) in [5, 5.41) is 14.4. The first kappa shape index (κ1) is 13.2. The fraction of sp³-hybridized carbons (Fsp3) is 0.583. The number of amides is 1. The molecule has 0 radical (unpaired) electrons. The van der Waals surface area contributed by atoms with Gasteiger partial charge in [-0.25, -0.2) is 0 Å². The molecular weight excluding hydrogens is 222 g/mol. The van der Waals surface area contributed by atoms with Gasteiger partial charge in [-0.2, -0.15) is 0 Å². The van der Waals surface area contributed by atoms with Crippen LogP contribution in [0.25, 0.3) is 0 Å². The van der Waals surface area contributed by atoms with Gasteiger partial charge in [0.1, 0.15) is 0 Å². The minimum absolute atomic E-state index is 0.101. The number of thiophene rings is 1. The van der Waals surface area contributed by atoms with E-state index in [0.717, 1.165) is 10.4 Å². The number of aliphatic hydroxyl groups excluding tert-OH is 1. The second-order valence-electron chi connectivity index (χ2n) is 5.02. The molecule has 0 fully saturated rings. The van der Waals surface area contributed by atoms with Crippen molar-refractivity contribution in [2.24, 2.45) is 5.41 Å². The highest BCUT2D eigenvalue weighted by molar-refractivity contribution is 7.12. The van der Waals surface area contributed by atoms with Crippen LogP contribution in [0.15, 0.2) is 11.4 Å². The zero-order valence-corrected chi connectivity index (χ0v) is 11.0. The molecule has 1 heterocycles. The van der Waals surface area contributed by atoms with Crippen molar-refractivity contribution in [3.8, 4) is 0 Å². The van der Waals surface area contributed by atoms with Gasteiger partial charge in [-0.3, -0.25) is 4.79 Å². The van der Waals surface area contributed by atoms with Crippen molar-refractivity contribution in [2.45, 2.75) is 33.8 Å². The van der Waals surface area contributed by atoms with E-state index < -0.39 is 6.10 Å². The van der Waals surface area contributed by atoms with Gasteiger partial charge < -0.3 is 10.4 Å². The van der Waals surface area contributed by atoms with Crippen LogP contribution in [0.5, 0.6) is 0 Å². The molecule has 0 aliphatic rings. The van der Waals surface area contributed by atoms with E-state index in [1.807, 2.05) is 39.1 Å². The third kappa shape index (κ3) is 3.32. The zero-order valence-electron chi connectivity index (χ0n) is 10.2. The number of rotatable bonds is 3. The van der Waals surface area contributed by atoms with Crippen molar-refractivity contribution in [1.29, 1.82) is 0 Å². The van der Waals surface area contributed by atoms with Crippen LogP contribution in [0.4, 0.5) is 0 Å². The Labute approximate surface area is 100 Å². The van der Waals surface area contributed by atoms with Crippen molar-refractivity contribution in [2.75, 3.05) is 6.54 Å². The van der Waals surface area contributed by atoms with Crippen LogP contribution in [-0.2, 0) is 0 Å². The molecule has 1 aromatic rings. The summed E-state index contributed by atoms with van der Waals surface area (Å²) in [7, 11) is 0. The monoisotopic (exact) mass is 241 g/mol. The number of hydrogen-bond acceptors (Lipinski definition) is 3. The van der Waals surface area contributed by atoms with Gasteiger partial charge >= 0.3 is 0 Å². The van der Waals surface area contributed by atoms with E-state index in [0.29, 0.717) is 6.54 Å². The number of nitrogens with one attached hydrogen (secondary N) is 1. The first-order valence-corrected chi connectivity index (χ1v) is 6.20. The van der Waals surface area contributed by atoms with E-state index in [9.17, 15) is 9.90 Å². The molecule has 0 spiro atoms. The highest BCUT2D eigenvalue weighted by Gasteiger charge is 2.22. The highest BCUT2D eigenvalue weighted by Crippen LogP contribution is 2.19. The van der Waals surface area contributed by atoms with Gasteiger partial charge in [0, 0.05) is 6.54 Å². The van der Waals surface area contributed by atoms with E-state index in [2.05, 4.69) is 5.32 Å². The van der Waals surface area contributed by atoms with Gasteiger partial charge in [0.05, 0.1) is 11.0 Å². The topological polar surface area (TPSA) is 49.3 Å². The summed E-state index contributed by atoms with van der Waals surface area (Å²) in [4.78, 5) is 12.5. The molecule has 1 unspecified atom stereocenters. The molecule has 0 aliphatic heterocycles. The fourth-order valence-electron chi connectivity index (χ4n) is 1.18. The van der Waals surface area contributed by atoms with Crippen molar-refractivity contribution in [3.63, 3.8) is 0 Å². The number of carbonyl (C=O) groups excluding carboxylic acids is 1. The smallest absolute Gasteiger partial charge is 0.261 e. The maximum absolute atomic E-state index is 11.7. The van der Waals surface area contributed by atoms with E-state index in [-0.39, 0.29) is 11.3 Å². The predicted molar refractivity (Wildman–Crippen MR) is 66.9 cm³/mol. The second kappa shape index (κ2) is 4.97. The van der Waals surface area contributed by atoms with Crippen LogP contribution in [-0.4, -0.2) is 23.7 Å².